The van der Waals surface area contributed by atoms with Crippen LogP contribution in [-0.4, -0.2) is 17.9 Å². The van der Waals surface area contributed by atoms with Gasteiger partial charge < -0.3 is 20.8 Å². The molecular formula is C16H19N3O3. The lowest BCUT2D eigenvalue weighted by Crippen LogP contribution is -2.19. The largest absolute Gasteiger partial charge is 0.459 e. The van der Waals surface area contributed by atoms with Crippen molar-refractivity contribution < 1.29 is 14.0 Å². The fourth-order valence-corrected chi connectivity index (χ4v) is 1.82. The second-order valence-corrected chi connectivity index (χ2v) is 5.07. The van der Waals surface area contributed by atoms with Crippen LogP contribution in [0.25, 0.3) is 0 Å². The minimum absolute atomic E-state index is 0.00457. The molecule has 2 amide bonds. The maximum atomic E-state index is 11.8. The fraction of sp³-hybridized carbons (Fsp3) is 0.250. The van der Waals surface area contributed by atoms with Crippen molar-refractivity contribution in [2.24, 2.45) is 5.73 Å². The van der Waals surface area contributed by atoms with Gasteiger partial charge in [0.15, 0.2) is 5.76 Å². The first-order chi connectivity index (χ1) is 10.5. The third-order valence-electron chi connectivity index (χ3n) is 3.00. The molecule has 0 spiro atoms. The lowest BCUT2D eigenvalue weighted by molar-refractivity contribution is -0.116. The monoisotopic (exact) mass is 301 g/mol. The van der Waals surface area contributed by atoms with Gasteiger partial charge in [-0.3, -0.25) is 9.59 Å². The Kier molecular flexibility index (Phi) is 5.32. The lowest BCUT2D eigenvalue weighted by atomic mass is 10.2. The number of amides is 2. The average molecular weight is 301 g/mol. The predicted molar refractivity (Wildman–Crippen MR) is 84.6 cm³/mol. The van der Waals surface area contributed by atoms with E-state index in [9.17, 15) is 9.59 Å². The smallest absolute Gasteiger partial charge is 0.291 e. The third-order valence-corrected chi connectivity index (χ3v) is 3.00. The number of nitrogens with one attached hydrogen (secondary N) is 2. The number of rotatable bonds is 6. The molecule has 6 heteroatoms. The van der Waals surface area contributed by atoms with Gasteiger partial charge in [-0.2, -0.15) is 0 Å². The molecule has 0 radical (unpaired) electrons. The highest BCUT2D eigenvalue weighted by Gasteiger charge is 2.09. The number of nitrogens with two attached hydrogens (primary N) is 1. The molecule has 1 aromatic heterocycles. The first-order valence-electron chi connectivity index (χ1n) is 7.05. The van der Waals surface area contributed by atoms with Gasteiger partial charge in [-0.05, 0) is 49.7 Å². The summed E-state index contributed by atoms with van der Waals surface area (Å²) in [7, 11) is 0. The Morgan fingerprint density at radius 1 is 1.14 bits per heavy atom. The number of benzene rings is 1. The van der Waals surface area contributed by atoms with Gasteiger partial charge in [-0.25, -0.2) is 0 Å². The molecule has 0 fully saturated rings. The third kappa shape index (κ3) is 4.75. The summed E-state index contributed by atoms with van der Waals surface area (Å²) in [4.78, 5) is 23.5. The zero-order valence-corrected chi connectivity index (χ0v) is 12.3. The summed E-state index contributed by atoms with van der Waals surface area (Å²) in [5.74, 6) is -0.156. The molecule has 1 aromatic carbocycles. The maximum absolute atomic E-state index is 11.8. The molecule has 22 heavy (non-hydrogen) atoms. The van der Waals surface area contributed by atoms with E-state index >= 15 is 0 Å². The molecule has 0 aliphatic carbocycles. The van der Waals surface area contributed by atoms with Crippen LogP contribution in [0.4, 0.5) is 11.4 Å². The van der Waals surface area contributed by atoms with E-state index in [1.807, 2.05) is 6.92 Å². The molecule has 0 aliphatic heterocycles. The topological polar surface area (TPSA) is 97.4 Å². The molecule has 0 saturated carbocycles. The van der Waals surface area contributed by atoms with E-state index in [1.165, 1.54) is 6.26 Å². The minimum atomic E-state index is -0.321. The Hall–Kier alpha value is -2.60. The molecular weight excluding hydrogens is 282 g/mol. The first-order valence-corrected chi connectivity index (χ1v) is 7.05. The average Bonchev–Trinajstić information content (AvgIpc) is 3.01. The zero-order chi connectivity index (χ0) is 15.9. The van der Waals surface area contributed by atoms with Crippen LogP contribution in [0.3, 0.4) is 0 Å². The molecule has 0 saturated heterocycles. The van der Waals surface area contributed by atoms with Crippen molar-refractivity contribution in [1.82, 2.24) is 0 Å². The first kappa shape index (κ1) is 15.8. The molecule has 0 bridgehead atoms. The molecule has 4 N–H and O–H groups in total. The van der Waals surface area contributed by atoms with E-state index in [4.69, 9.17) is 10.2 Å². The molecule has 0 aliphatic rings. The standard InChI is InChI=1S/C16H19N3O3/c1-11(17)4-9-15(20)18-12-5-7-13(8-6-12)19-16(21)14-3-2-10-22-14/h2-3,5-8,10-11H,4,9,17H2,1H3,(H,18,20)(H,19,21). The summed E-state index contributed by atoms with van der Waals surface area (Å²) in [5.41, 5.74) is 6.90. The summed E-state index contributed by atoms with van der Waals surface area (Å²) in [6.07, 6.45) is 2.47. The molecule has 1 unspecified atom stereocenters. The van der Waals surface area contributed by atoms with Crippen LogP contribution < -0.4 is 16.4 Å². The summed E-state index contributed by atoms with van der Waals surface area (Å²) in [6.45, 7) is 1.86. The Balaban J connectivity index is 1.87. The van der Waals surface area contributed by atoms with Gasteiger partial charge in [-0.1, -0.05) is 0 Å². The number of carbonyl (C=O) groups is 2. The van der Waals surface area contributed by atoms with Crippen LogP contribution in [0.15, 0.2) is 47.1 Å². The fourth-order valence-electron chi connectivity index (χ4n) is 1.82. The van der Waals surface area contributed by atoms with Crippen molar-refractivity contribution in [3.63, 3.8) is 0 Å². The highest BCUT2D eigenvalue weighted by Crippen LogP contribution is 2.15. The van der Waals surface area contributed by atoms with E-state index in [2.05, 4.69) is 10.6 Å². The van der Waals surface area contributed by atoms with Crippen LogP contribution >= 0.6 is 0 Å². The quantitative estimate of drug-likeness (QED) is 0.764. The van der Waals surface area contributed by atoms with Gasteiger partial charge in [0.25, 0.3) is 5.91 Å². The highest BCUT2D eigenvalue weighted by molar-refractivity contribution is 6.02. The molecule has 2 aromatic rings. The summed E-state index contributed by atoms with van der Waals surface area (Å²) >= 11 is 0. The lowest BCUT2D eigenvalue weighted by Gasteiger charge is -2.08. The van der Waals surface area contributed by atoms with Gasteiger partial charge in [0.2, 0.25) is 5.91 Å². The van der Waals surface area contributed by atoms with Gasteiger partial charge in [-0.15, -0.1) is 0 Å². The van der Waals surface area contributed by atoms with Crippen LogP contribution in [0, 0.1) is 0 Å². The predicted octanol–water partition coefficient (Wildman–Crippen LogP) is 2.60. The number of hydrogen-bond donors (Lipinski definition) is 3. The van der Waals surface area contributed by atoms with Gasteiger partial charge in [0.05, 0.1) is 6.26 Å². The van der Waals surface area contributed by atoms with E-state index in [1.54, 1.807) is 36.4 Å². The maximum Gasteiger partial charge on any atom is 0.291 e. The number of carbonyl (C=O) groups excluding carboxylic acids is 2. The summed E-state index contributed by atoms with van der Waals surface area (Å²) < 4.78 is 5.01. The van der Waals surface area contributed by atoms with Crippen LogP contribution in [0.5, 0.6) is 0 Å². The molecule has 1 atom stereocenters. The van der Waals surface area contributed by atoms with Crippen molar-refractivity contribution in [3.05, 3.63) is 48.4 Å². The zero-order valence-electron chi connectivity index (χ0n) is 12.3. The van der Waals surface area contributed by atoms with Crippen LogP contribution in [0.1, 0.15) is 30.3 Å². The van der Waals surface area contributed by atoms with Gasteiger partial charge in [0.1, 0.15) is 0 Å². The van der Waals surface area contributed by atoms with E-state index in [0.29, 0.717) is 24.2 Å². The van der Waals surface area contributed by atoms with Crippen molar-refractivity contribution in [2.45, 2.75) is 25.8 Å². The van der Waals surface area contributed by atoms with Crippen molar-refractivity contribution in [3.8, 4) is 0 Å². The Morgan fingerprint density at radius 2 is 1.77 bits per heavy atom. The number of hydrogen-bond acceptors (Lipinski definition) is 4. The van der Waals surface area contributed by atoms with Crippen molar-refractivity contribution in [2.75, 3.05) is 10.6 Å². The van der Waals surface area contributed by atoms with Gasteiger partial charge in [0, 0.05) is 23.8 Å². The summed E-state index contributed by atoms with van der Waals surface area (Å²) in [6, 6.07) is 10.1. The Bertz CT molecular complexity index is 619. The number of furan rings is 1. The van der Waals surface area contributed by atoms with Crippen molar-refractivity contribution >= 4 is 23.2 Å². The van der Waals surface area contributed by atoms with Crippen LogP contribution in [-0.2, 0) is 4.79 Å². The molecule has 1 heterocycles. The molecule has 6 nitrogen and oxygen atoms in total. The second kappa shape index (κ2) is 7.42. The SMILES string of the molecule is CC(N)CCC(=O)Nc1ccc(NC(=O)c2ccco2)cc1. The normalized spacial score (nSPS) is 11.7. The summed E-state index contributed by atoms with van der Waals surface area (Å²) in [5, 5.41) is 5.48. The van der Waals surface area contributed by atoms with E-state index in [-0.39, 0.29) is 23.6 Å². The van der Waals surface area contributed by atoms with E-state index < -0.39 is 0 Å². The van der Waals surface area contributed by atoms with Crippen molar-refractivity contribution in [1.29, 1.82) is 0 Å². The van der Waals surface area contributed by atoms with E-state index in [0.717, 1.165) is 0 Å². The van der Waals surface area contributed by atoms with Gasteiger partial charge >= 0.3 is 0 Å². The second-order valence-electron chi connectivity index (χ2n) is 5.07. The minimum Gasteiger partial charge on any atom is -0.459 e. The molecule has 2 rings (SSSR count). The molecule has 116 valence electrons. The Labute approximate surface area is 128 Å². The number of anilines is 2. The Morgan fingerprint density at radius 3 is 2.32 bits per heavy atom. The highest BCUT2D eigenvalue weighted by atomic mass is 16.3. The van der Waals surface area contributed by atoms with Crippen LogP contribution in [0.2, 0.25) is 0 Å².